The van der Waals surface area contributed by atoms with E-state index in [1.165, 1.54) is 6.33 Å². The zero-order chi connectivity index (χ0) is 9.42. The summed E-state index contributed by atoms with van der Waals surface area (Å²) in [6.45, 7) is 0. The highest BCUT2D eigenvalue weighted by Crippen LogP contribution is 2.17. The molecule has 0 aliphatic rings. The van der Waals surface area contributed by atoms with Crippen molar-refractivity contribution < 1.29 is 0 Å². The fourth-order valence-electron chi connectivity index (χ4n) is 1.10. The summed E-state index contributed by atoms with van der Waals surface area (Å²) in [4.78, 5) is 15.0. The van der Waals surface area contributed by atoms with E-state index in [1.54, 1.807) is 21.0 Å². The Morgan fingerprint density at radius 1 is 1.46 bits per heavy atom. The molecule has 1 heterocycles. The molecule has 3 nitrogen and oxygen atoms in total. The van der Waals surface area contributed by atoms with Crippen molar-refractivity contribution in [2.75, 3.05) is 0 Å². The molecule has 13 heavy (non-hydrogen) atoms. The molecule has 0 atom stereocenters. The van der Waals surface area contributed by atoms with Crippen LogP contribution in [0.2, 0.25) is 5.02 Å². The summed E-state index contributed by atoms with van der Waals surface area (Å²) in [5.41, 5.74) is 0.563. The van der Waals surface area contributed by atoms with Gasteiger partial charge in [0, 0.05) is 5.02 Å². The Labute approximate surface area is 92.8 Å². The van der Waals surface area contributed by atoms with Gasteiger partial charge in [-0.15, -0.1) is 0 Å². The standard InChI is InChI=1S/C8H4ClIN2O/c9-5-1-2-6-7(3-5)12(10)4-11-8(6)13/h1-4H. The highest BCUT2D eigenvalue weighted by molar-refractivity contribution is 14.1. The molecule has 5 heteroatoms. The predicted molar refractivity (Wildman–Crippen MR) is 60.4 cm³/mol. The molecule has 66 valence electrons. The molecule has 1 aromatic carbocycles. The van der Waals surface area contributed by atoms with Crippen LogP contribution >= 0.6 is 34.5 Å². The highest BCUT2D eigenvalue weighted by Gasteiger charge is 2.01. The minimum absolute atomic E-state index is 0.223. The minimum Gasteiger partial charge on any atom is -0.272 e. The van der Waals surface area contributed by atoms with Crippen molar-refractivity contribution in [1.29, 1.82) is 0 Å². The number of benzene rings is 1. The van der Waals surface area contributed by atoms with E-state index in [9.17, 15) is 4.79 Å². The number of aromatic nitrogens is 2. The Bertz CT molecular complexity index is 523. The van der Waals surface area contributed by atoms with E-state index in [1.807, 2.05) is 22.9 Å². The molecule has 0 saturated carbocycles. The number of fused-ring (bicyclic) bond motifs is 1. The molecule has 0 unspecified atom stereocenters. The Morgan fingerprint density at radius 2 is 2.23 bits per heavy atom. The average molecular weight is 306 g/mol. The molecule has 0 spiro atoms. The summed E-state index contributed by atoms with van der Waals surface area (Å²) in [6, 6.07) is 5.11. The summed E-state index contributed by atoms with van der Waals surface area (Å²) >= 11 is 7.85. The van der Waals surface area contributed by atoms with Crippen LogP contribution in [0.3, 0.4) is 0 Å². The van der Waals surface area contributed by atoms with Gasteiger partial charge in [0.25, 0.3) is 5.56 Å². The van der Waals surface area contributed by atoms with Gasteiger partial charge in [0.15, 0.2) is 0 Å². The Hall–Kier alpha value is -0.620. The molecule has 0 saturated heterocycles. The zero-order valence-electron chi connectivity index (χ0n) is 6.37. The molecule has 2 rings (SSSR count). The van der Waals surface area contributed by atoms with Crippen LogP contribution in [0.15, 0.2) is 29.3 Å². The van der Waals surface area contributed by atoms with Gasteiger partial charge >= 0.3 is 0 Å². The molecule has 0 amide bonds. The zero-order valence-corrected chi connectivity index (χ0v) is 9.28. The molecule has 0 aliphatic heterocycles. The summed E-state index contributed by atoms with van der Waals surface area (Å²) in [5.74, 6) is 0. The first-order chi connectivity index (χ1) is 6.18. The molecular weight excluding hydrogens is 302 g/mol. The van der Waals surface area contributed by atoms with Gasteiger partial charge in [-0.2, -0.15) is 4.98 Å². The van der Waals surface area contributed by atoms with Gasteiger partial charge in [0.05, 0.1) is 33.8 Å². The minimum atomic E-state index is -0.223. The maximum Gasteiger partial charge on any atom is 0.280 e. The Balaban J connectivity index is 3.01. The van der Waals surface area contributed by atoms with Crippen molar-refractivity contribution >= 4 is 45.4 Å². The summed E-state index contributed by atoms with van der Waals surface area (Å²) in [5, 5.41) is 1.20. The van der Waals surface area contributed by atoms with Crippen molar-refractivity contribution in [2.45, 2.75) is 0 Å². The molecule has 0 aliphatic carbocycles. The normalized spacial score (nSPS) is 10.6. The fraction of sp³-hybridized carbons (Fsp3) is 0. The van der Waals surface area contributed by atoms with Crippen molar-refractivity contribution in [3.05, 3.63) is 39.9 Å². The maximum absolute atomic E-state index is 11.3. The third-order valence-corrected chi connectivity index (χ3v) is 2.70. The second-order valence-electron chi connectivity index (χ2n) is 2.52. The van der Waals surface area contributed by atoms with Crippen LogP contribution in [0.4, 0.5) is 0 Å². The van der Waals surface area contributed by atoms with Gasteiger partial charge in [0.2, 0.25) is 0 Å². The second-order valence-corrected chi connectivity index (χ2v) is 4.00. The Kier molecular flexibility index (Phi) is 2.25. The summed E-state index contributed by atoms with van der Waals surface area (Å²) < 4.78 is 1.74. The van der Waals surface area contributed by atoms with Crippen LogP contribution in [0, 0.1) is 0 Å². The number of rotatable bonds is 0. The number of halogens is 2. The van der Waals surface area contributed by atoms with Gasteiger partial charge in [-0.1, -0.05) is 11.6 Å². The lowest BCUT2D eigenvalue weighted by atomic mass is 10.2. The lowest BCUT2D eigenvalue weighted by Crippen LogP contribution is -2.07. The van der Waals surface area contributed by atoms with E-state index in [0.717, 1.165) is 5.52 Å². The molecule has 1 aromatic heterocycles. The highest BCUT2D eigenvalue weighted by atomic mass is 127. The largest absolute Gasteiger partial charge is 0.280 e. The topological polar surface area (TPSA) is 34.9 Å². The lowest BCUT2D eigenvalue weighted by molar-refractivity contribution is 1.15. The first-order valence-electron chi connectivity index (χ1n) is 3.51. The number of nitrogens with zero attached hydrogens (tertiary/aromatic N) is 2. The fourth-order valence-corrected chi connectivity index (χ4v) is 1.79. The van der Waals surface area contributed by atoms with Crippen LogP contribution in [0.5, 0.6) is 0 Å². The van der Waals surface area contributed by atoms with Gasteiger partial charge in [-0.3, -0.25) is 7.58 Å². The van der Waals surface area contributed by atoms with Crippen LogP contribution < -0.4 is 5.56 Å². The molecule has 0 radical (unpaired) electrons. The number of hydrogen-bond donors (Lipinski definition) is 0. The average Bonchev–Trinajstić information content (AvgIpc) is 2.12. The van der Waals surface area contributed by atoms with E-state index < -0.39 is 0 Å². The SMILES string of the molecule is O=c1ncn(I)c2cc(Cl)ccc12. The summed E-state index contributed by atoms with van der Waals surface area (Å²) in [7, 11) is 0. The smallest absolute Gasteiger partial charge is 0.272 e. The van der Waals surface area contributed by atoms with Crippen LogP contribution in [0.1, 0.15) is 0 Å². The van der Waals surface area contributed by atoms with E-state index in [0.29, 0.717) is 10.4 Å². The van der Waals surface area contributed by atoms with Crippen LogP contribution in [-0.2, 0) is 0 Å². The van der Waals surface area contributed by atoms with E-state index in [4.69, 9.17) is 11.6 Å². The van der Waals surface area contributed by atoms with Gasteiger partial charge < -0.3 is 0 Å². The van der Waals surface area contributed by atoms with Gasteiger partial charge in [-0.05, 0) is 18.2 Å². The van der Waals surface area contributed by atoms with Crippen molar-refractivity contribution in [2.24, 2.45) is 0 Å². The van der Waals surface area contributed by atoms with Crippen molar-refractivity contribution in [1.82, 2.24) is 7.76 Å². The second kappa shape index (κ2) is 3.26. The Morgan fingerprint density at radius 3 is 3.00 bits per heavy atom. The molecule has 0 bridgehead atoms. The van der Waals surface area contributed by atoms with Crippen molar-refractivity contribution in [3.8, 4) is 0 Å². The molecular formula is C8H4ClIN2O. The third kappa shape index (κ3) is 1.55. The number of hydrogen-bond acceptors (Lipinski definition) is 2. The first-order valence-corrected chi connectivity index (χ1v) is 4.86. The van der Waals surface area contributed by atoms with E-state index in [-0.39, 0.29) is 5.56 Å². The van der Waals surface area contributed by atoms with Crippen LogP contribution in [-0.4, -0.2) is 7.76 Å². The molecule has 0 N–H and O–H groups in total. The lowest BCUT2D eigenvalue weighted by Gasteiger charge is -2.00. The molecule has 2 aromatic rings. The van der Waals surface area contributed by atoms with Crippen LogP contribution in [0.25, 0.3) is 10.9 Å². The first kappa shape index (κ1) is 8.96. The maximum atomic E-state index is 11.3. The third-order valence-electron chi connectivity index (χ3n) is 1.70. The summed E-state index contributed by atoms with van der Waals surface area (Å²) in [6.07, 6.45) is 1.47. The van der Waals surface area contributed by atoms with E-state index >= 15 is 0 Å². The van der Waals surface area contributed by atoms with Gasteiger partial charge in [0.1, 0.15) is 6.33 Å². The van der Waals surface area contributed by atoms with E-state index in [2.05, 4.69) is 4.98 Å². The monoisotopic (exact) mass is 306 g/mol. The molecule has 0 fully saturated rings. The van der Waals surface area contributed by atoms with Gasteiger partial charge in [-0.25, -0.2) is 0 Å². The van der Waals surface area contributed by atoms with Crippen molar-refractivity contribution in [3.63, 3.8) is 0 Å². The quantitative estimate of drug-likeness (QED) is 0.700. The predicted octanol–water partition coefficient (Wildman–Crippen LogP) is 2.25.